The number of likely N-dealkylation sites (N-methyl/N-ethyl adjacent to an activating group) is 1. The van der Waals surface area contributed by atoms with E-state index in [9.17, 15) is 4.79 Å². The predicted molar refractivity (Wildman–Crippen MR) is 74.4 cm³/mol. The molecule has 5 heteroatoms. The number of hydrogen-bond donors (Lipinski definition) is 2. The van der Waals surface area contributed by atoms with Crippen LogP contribution in [-0.4, -0.2) is 66.6 Å². The number of rotatable bonds is 5. The number of amides is 1. The van der Waals surface area contributed by atoms with Crippen molar-refractivity contribution < 1.29 is 4.79 Å². The SMILES string of the molecule is CC(C)NC(CN1CC(C)N(C)C(C)C1)C(N)=O. The highest BCUT2D eigenvalue weighted by molar-refractivity contribution is 5.80. The van der Waals surface area contributed by atoms with Crippen molar-refractivity contribution in [3.8, 4) is 0 Å². The Bertz CT molecular complexity index is 270. The van der Waals surface area contributed by atoms with Crippen molar-refractivity contribution in [1.29, 1.82) is 0 Å². The molecular formula is C13H28N4O. The maximum absolute atomic E-state index is 11.5. The van der Waals surface area contributed by atoms with Crippen LogP contribution in [-0.2, 0) is 4.79 Å². The van der Waals surface area contributed by atoms with Gasteiger partial charge < -0.3 is 11.1 Å². The first-order chi connectivity index (χ1) is 8.31. The third-order valence-electron chi connectivity index (χ3n) is 3.75. The lowest BCUT2D eigenvalue weighted by Gasteiger charge is -2.43. The Balaban J connectivity index is 2.56. The van der Waals surface area contributed by atoms with Crippen LogP contribution in [0.1, 0.15) is 27.7 Å². The van der Waals surface area contributed by atoms with Crippen LogP contribution in [0.5, 0.6) is 0 Å². The Kier molecular flexibility index (Phi) is 5.56. The summed E-state index contributed by atoms with van der Waals surface area (Å²) in [6.45, 7) is 11.2. The van der Waals surface area contributed by atoms with E-state index in [2.05, 4.69) is 36.0 Å². The Morgan fingerprint density at radius 3 is 2.22 bits per heavy atom. The van der Waals surface area contributed by atoms with E-state index >= 15 is 0 Å². The van der Waals surface area contributed by atoms with E-state index in [0.29, 0.717) is 18.6 Å². The molecule has 1 heterocycles. The van der Waals surface area contributed by atoms with Gasteiger partial charge in [-0.3, -0.25) is 14.6 Å². The predicted octanol–water partition coefficient (Wildman–Crippen LogP) is -0.137. The normalized spacial score (nSPS) is 28.6. The molecule has 0 saturated carbocycles. The van der Waals surface area contributed by atoms with E-state index in [1.807, 2.05) is 13.8 Å². The summed E-state index contributed by atoms with van der Waals surface area (Å²) in [5.74, 6) is -0.261. The summed E-state index contributed by atoms with van der Waals surface area (Å²) in [6.07, 6.45) is 0. The summed E-state index contributed by atoms with van der Waals surface area (Å²) >= 11 is 0. The number of nitrogens with two attached hydrogens (primary N) is 1. The molecule has 1 fully saturated rings. The van der Waals surface area contributed by atoms with Gasteiger partial charge >= 0.3 is 0 Å². The molecule has 106 valence electrons. The van der Waals surface area contributed by atoms with E-state index in [-0.39, 0.29) is 18.0 Å². The van der Waals surface area contributed by atoms with Crippen LogP contribution >= 0.6 is 0 Å². The van der Waals surface area contributed by atoms with Gasteiger partial charge in [-0.05, 0) is 20.9 Å². The Labute approximate surface area is 111 Å². The molecule has 0 spiro atoms. The molecule has 0 aliphatic carbocycles. The fourth-order valence-corrected chi connectivity index (χ4v) is 2.55. The molecule has 0 radical (unpaired) electrons. The second kappa shape index (κ2) is 6.50. The van der Waals surface area contributed by atoms with Crippen molar-refractivity contribution in [3.63, 3.8) is 0 Å². The minimum absolute atomic E-state index is 0.257. The maximum Gasteiger partial charge on any atom is 0.235 e. The number of nitrogens with one attached hydrogen (secondary N) is 1. The molecule has 0 aromatic carbocycles. The third kappa shape index (κ3) is 4.23. The monoisotopic (exact) mass is 256 g/mol. The second-order valence-corrected chi connectivity index (χ2v) is 5.86. The summed E-state index contributed by atoms with van der Waals surface area (Å²) in [5, 5.41) is 3.24. The van der Waals surface area contributed by atoms with Gasteiger partial charge in [-0.1, -0.05) is 13.8 Å². The minimum Gasteiger partial charge on any atom is -0.368 e. The maximum atomic E-state index is 11.5. The Morgan fingerprint density at radius 2 is 1.83 bits per heavy atom. The lowest BCUT2D eigenvalue weighted by molar-refractivity contribution is -0.121. The fraction of sp³-hybridized carbons (Fsp3) is 0.923. The van der Waals surface area contributed by atoms with Crippen LogP contribution in [0.2, 0.25) is 0 Å². The largest absolute Gasteiger partial charge is 0.368 e. The van der Waals surface area contributed by atoms with E-state index in [4.69, 9.17) is 5.73 Å². The molecule has 5 nitrogen and oxygen atoms in total. The standard InChI is InChI=1S/C13H28N4O/c1-9(2)15-12(13(14)18)8-17-6-10(3)16(5)11(4)7-17/h9-12,15H,6-8H2,1-5H3,(H2,14,18). The molecule has 1 aliphatic heterocycles. The van der Waals surface area contributed by atoms with E-state index in [1.54, 1.807) is 0 Å². The summed E-state index contributed by atoms with van der Waals surface area (Å²) in [7, 11) is 2.16. The molecule has 1 aliphatic rings. The van der Waals surface area contributed by atoms with Gasteiger partial charge in [0.2, 0.25) is 5.91 Å². The molecule has 3 N–H and O–H groups in total. The minimum atomic E-state index is -0.261. The van der Waals surface area contributed by atoms with Crippen LogP contribution in [0.4, 0.5) is 0 Å². The molecule has 18 heavy (non-hydrogen) atoms. The lowest BCUT2D eigenvalue weighted by Crippen LogP contribution is -2.59. The highest BCUT2D eigenvalue weighted by Gasteiger charge is 2.29. The summed E-state index contributed by atoms with van der Waals surface area (Å²) in [6, 6.07) is 1.04. The molecule has 0 aromatic heterocycles. The highest BCUT2D eigenvalue weighted by Crippen LogP contribution is 2.13. The van der Waals surface area contributed by atoms with Crippen molar-refractivity contribution in [1.82, 2.24) is 15.1 Å². The van der Waals surface area contributed by atoms with Crippen LogP contribution < -0.4 is 11.1 Å². The smallest absolute Gasteiger partial charge is 0.235 e. The molecule has 3 unspecified atom stereocenters. The number of primary amides is 1. The van der Waals surface area contributed by atoms with Crippen molar-refractivity contribution in [2.24, 2.45) is 5.73 Å². The zero-order chi connectivity index (χ0) is 13.9. The van der Waals surface area contributed by atoms with Gasteiger partial charge in [0, 0.05) is 37.8 Å². The number of carbonyl (C=O) groups is 1. The Hall–Kier alpha value is -0.650. The van der Waals surface area contributed by atoms with Gasteiger partial charge in [0.15, 0.2) is 0 Å². The molecule has 0 bridgehead atoms. The van der Waals surface area contributed by atoms with E-state index < -0.39 is 0 Å². The van der Waals surface area contributed by atoms with Crippen molar-refractivity contribution in [3.05, 3.63) is 0 Å². The van der Waals surface area contributed by atoms with Crippen molar-refractivity contribution >= 4 is 5.91 Å². The zero-order valence-corrected chi connectivity index (χ0v) is 12.3. The zero-order valence-electron chi connectivity index (χ0n) is 12.3. The molecular weight excluding hydrogens is 228 g/mol. The van der Waals surface area contributed by atoms with Gasteiger partial charge in [-0.15, -0.1) is 0 Å². The molecule has 1 rings (SSSR count). The molecule has 3 atom stereocenters. The van der Waals surface area contributed by atoms with E-state index in [0.717, 1.165) is 13.1 Å². The number of carbonyl (C=O) groups excluding carboxylic acids is 1. The average Bonchev–Trinajstić information content (AvgIpc) is 2.24. The first-order valence-corrected chi connectivity index (χ1v) is 6.81. The third-order valence-corrected chi connectivity index (χ3v) is 3.75. The summed E-state index contributed by atoms with van der Waals surface area (Å²) in [5.41, 5.74) is 5.46. The number of piperazine rings is 1. The quantitative estimate of drug-likeness (QED) is 0.719. The van der Waals surface area contributed by atoms with Crippen LogP contribution in [0.25, 0.3) is 0 Å². The van der Waals surface area contributed by atoms with Crippen molar-refractivity contribution in [2.75, 3.05) is 26.7 Å². The molecule has 0 aromatic rings. The van der Waals surface area contributed by atoms with Gasteiger partial charge in [0.05, 0.1) is 6.04 Å². The first kappa shape index (κ1) is 15.4. The van der Waals surface area contributed by atoms with Crippen LogP contribution in [0.3, 0.4) is 0 Å². The van der Waals surface area contributed by atoms with Gasteiger partial charge in [0.1, 0.15) is 0 Å². The highest BCUT2D eigenvalue weighted by atomic mass is 16.1. The number of nitrogens with zero attached hydrogens (tertiary/aromatic N) is 2. The Morgan fingerprint density at radius 1 is 1.33 bits per heavy atom. The van der Waals surface area contributed by atoms with Gasteiger partial charge in [-0.2, -0.15) is 0 Å². The van der Waals surface area contributed by atoms with E-state index in [1.165, 1.54) is 0 Å². The topological polar surface area (TPSA) is 61.6 Å². The second-order valence-electron chi connectivity index (χ2n) is 5.86. The molecule has 1 saturated heterocycles. The van der Waals surface area contributed by atoms with Gasteiger partial charge in [0.25, 0.3) is 0 Å². The summed E-state index contributed by atoms with van der Waals surface area (Å²) < 4.78 is 0. The lowest BCUT2D eigenvalue weighted by atomic mass is 10.1. The fourth-order valence-electron chi connectivity index (χ4n) is 2.55. The van der Waals surface area contributed by atoms with Crippen molar-refractivity contribution in [2.45, 2.75) is 51.9 Å². The van der Waals surface area contributed by atoms with Gasteiger partial charge in [-0.25, -0.2) is 0 Å². The number of hydrogen-bond acceptors (Lipinski definition) is 4. The van der Waals surface area contributed by atoms with Crippen LogP contribution in [0, 0.1) is 0 Å². The molecule has 1 amide bonds. The average molecular weight is 256 g/mol. The first-order valence-electron chi connectivity index (χ1n) is 6.81. The van der Waals surface area contributed by atoms with Crippen LogP contribution in [0.15, 0.2) is 0 Å². The summed E-state index contributed by atoms with van der Waals surface area (Å²) in [4.78, 5) is 16.2.